The minimum Gasteiger partial charge on any atom is -0.478 e. The molecule has 1 aromatic carbocycles. The summed E-state index contributed by atoms with van der Waals surface area (Å²) in [6, 6.07) is 4.51. The van der Waals surface area contributed by atoms with Crippen LogP contribution in [0.25, 0.3) is 0 Å². The number of esters is 1. The number of aromatic carboxylic acids is 1. The quantitative estimate of drug-likeness (QED) is 0.816. The van der Waals surface area contributed by atoms with Crippen molar-refractivity contribution in [1.82, 2.24) is 0 Å². The van der Waals surface area contributed by atoms with Crippen LogP contribution in [0, 0.1) is 5.92 Å². The smallest absolute Gasteiger partial charge is 0.338 e. The molecular weight excluding hydrogens is 232 g/mol. The SMILES string of the molecule is CCOC(=O)c1ccc(C(=O)O)cc1CC(C)C. The van der Waals surface area contributed by atoms with Gasteiger partial charge in [0.2, 0.25) is 0 Å². The maximum Gasteiger partial charge on any atom is 0.338 e. The molecule has 4 heteroatoms. The fourth-order valence-electron chi connectivity index (χ4n) is 1.74. The van der Waals surface area contributed by atoms with E-state index in [1.54, 1.807) is 13.0 Å². The molecule has 0 heterocycles. The highest BCUT2D eigenvalue weighted by Gasteiger charge is 2.15. The molecule has 18 heavy (non-hydrogen) atoms. The van der Waals surface area contributed by atoms with E-state index in [4.69, 9.17) is 9.84 Å². The lowest BCUT2D eigenvalue weighted by Gasteiger charge is -2.11. The third-order valence-electron chi connectivity index (χ3n) is 2.48. The molecule has 0 fully saturated rings. The summed E-state index contributed by atoms with van der Waals surface area (Å²) in [5.74, 6) is -1.05. The van der Waals surface area contributed by atoms with Gasteiger partial charge in [-0.3, -0.25) is 0 Å². The van der Waals surface area contributed by atoms with Crippen molar-refractivity contribution < 1.29 is 19.4 Å². The first-order chi connectivity index (χ1) is 8.45. The monoisotopic (exact) mass is 250 g/mol. The zero-order chi connectivity index (χ0) is 13.7. The third kappa shape index (κ3) is 3.58. The van der Waals surface area contributed by atoms with Crippen LogP contribution in [0.2, 0.25) is 0 Å². The maximum atomic E-state index is 11.8. The number of hydrogen-bond donors (Lipinski definition) is 1. The summed E-state index contributed by atoms with van der Waals surface area (Å²) in [5.41, 5.74) is 1.37. The van der Waals surface area contributed by atoms with Crippen molar-refractivity contribution in [1.29, 1.82) is 0 Å². The van der Waals surface area contributed by atoms with E-state index in [-0.39, 0.29) is 5.56 Å². The van der Waals surface area contributed by atoms with Crippen molar-refractivity contribution in [2.45, 2.75) is 27.2 Å². The molecule has 0 aromatic heterocycles. The Kier molecular flexibility index (Phi) is 4.89. The number of carboxylic acids is 1. The van der Waals surface area contributed by atoms with Gasteiger partial charge in [-0.05, 0) is 43.0 Å². The van der Waals surface area contributed by atoms with Gasteiger partial charge in [-0.1, -0.05) is 13.8 Å². The van der Waals surface area contributed by atoms with E-state index in [0.717, 1.165) is 5.56 Å². The highest BCUT2D eigenvalue weighted by atomic mass is 16.5. The van der Waals surface area contributed by atoms with Gasteiger partial charge in [0, 0.05) is 0 Å². The predicted molar refractivity (Wildman–Crippen MR) is 67.9 cm³/mol. The maximum absolute atomic E-state index is 11.8. The van der Waals surface area contributed by atoms with E-state index in [1.165, 1.54) is 12.1 Å². The van der Waals surface area contributed by atoms with Crippen molar-refractivity contribution in [3.8, 4) is 0 Å². The molecule has 0 aliphatic rings. The molecule has 0 radical (unpaired) electrons. The summed E-state index contributed by atoms with van der Waals surface area (Å²) in [4.78, 5) is 22.7. The Labute approximate surface area is 107 Å². The first-order valence-electron chi connectivity index (χ1n) is 5.99. The Morgan fingerprint density at radius 1 is 1.33 bits per heavy atom. The summed E-state index contributed by atoms with van der Waals surface area (Å²) < 4.78 is 4.96. The Morgan fingerprint density at radius 2 is 2.00 bits per heavy atom. The summed E-state index contributed by atoms with van der Waals surface area (Å²) in [6.45, 7) is 6.08. The average Bonchev–Trinajstić information content (AvgIpc) is 2.28. The molecule has 1 N–H and O–H groups in total. The van der Waals surface area contributed by atoms with Crippen molar-refractivity contribution >= 4 is 11.9 Å². The minimum absolute atomic E-state index is 0.193. The van der Waals surface area contributed by atoms with E-state index >= 15 is 0 Å². The molecule has 0 saturated heterocycles. The summed E-state index contributed by atoms with van der Waals surface area (Å²) >= 11 is 0. The molecule has 4 nitrogen and oxygen atoms in total. The fourth-order valence-corrected chi connectivity index (χ4v) is 1.74. The predicted octanol–water partition coefficient (Wildman–Crippen LogP) is 2.76. The van der Waals surface area contributed by atoms with Crippen LogP contribution in [0.1, 0.15) is 47.1 Å². The first-order valence-corrected chi connectivity index (χ1v) is 5.99. The second kappa shape index (κ2) is 6.19. The van der Waals surface area contributed by atoms with Crippen molar-refractivity contribution in [3.63, 3.8) is 0 Å². The lowest BCUT2D eigenvalue weighted by molar-refractivity contribution is 0.0523. The number of ether oxygens (including phenoxy) is 1. The van der Waals surface area contributed by atoms with Gasteiger partial charge in [0.15, 0.2) is 0 Å². The average molecular weight is 250 g/mol. The number of carbonyl (C=O) groups excluding carboxylic acids is 1. The zero-order valence-electron chi connectivity index (χ0n) is 10.9. The molecule has 0 aliphatic heterocycles. The number of hydrogen-bond acceptors (Lipinski definition) is 3. The summed E-state index contributed by atoms with van der Waals surface area (Å²) in [6.07, 6.45) is 0.648. The third-order valence-corrected chi connectivity index (χ3v) is 2.48. The molecule has 1 rings (SSSR count). The van der Waals surface area contributed by atoms with Crippen LogP contribution in [0.4, 0.5) is 0 Å². The number of carboxylic acid groups (broad SMARTS) is 1. The van der Waals surface area contributed by atoms with Gasteiger partial charge in [-0.15, -0.1) is 0 Å². The first kappa shape index (κ1) is 14.2. The van der Waals surface area contributed by atoms with E-state index in [0.29, 0.717) is 24.5 Å². The molecule has 0 bridgehead atoms. The van der Waals surface area contributed by atoms with E-state index in [9.17, 15) is 9.59 Å². The van der Waals surface area contributed by atoms with Crippen LogP contribution in [-0.4, -0.2) is 23.7 Å². The Morgan fingerprint density at radius 3 is 2.50 bits per heavy atom. The fraction of sp³-hybridized carbons (Fsp3) is 0.429. The van der Waals surface area contributed by atoms with E-state index in [2.05, 4.69) is 0 Å². The summed E-state index contributed by atoms with van der Waals surface area (Å²) in [7, 11) is 0. The van der Waals surface area contributed by atoms with Crippen LogP contribution < -0.4 is 0 Å². The Hall–Kier alpha value is -1.84. The molecule has 0 atom stereocenters. The van der Waals surface area contributed by atoms with Gasteiger partial charge >= 0.3 is 11.9 Å². The number of carbonyl (C=O) groups is 2. The topological polar surface area (TPSA) is 63.6 Å². The van der Waals surface area contributed by atoms with Gasteiger partial charge in [-0.2, -0.15) is 0 Å². The minimum atomic E-state index is -0.990. The lowest BCUT2D eigenvalue weighted by atomic mass is 9.96. The second-order valence-corrected chi connectivity index (χ2v) is 4.50. The van der Waals surface area contributed by atoms with Crippen LogP contribution >= 0.6 is 0 Å². The molecule has 0 unspecified atom stereocenters. The standard InChI is InChI=1S/C14H18O4/c1-4-18-14(17)12-6-5-10(13(15)16)8-11(12)7-9(2)3/h5-6,8-9H,4,7H2,1-3H3,(H,15,16). The highest BCUT2D eigenvalue weighted by Crippen LogP contribution is 2.17. The van der Waals surface area contributed by atoms with Crippen LogP contribution in [-0.2, 0) is 11.2 Å². The van der Waals surface area contributed by atoms with Gasteiger partial charge in [0.1, 0.15) is 0 Å². The zero-order valence-corrected chi connectivity index (χ0v) is 10.9. The Bertz CT molecular complexity index is 449. The molecule has 0 aliphatic carbocycles. The second-order valence-electron chi connectivity index (χ2n) is 4.50. The van der Waals surface area contributed by atoms with Crippen LogP contribution in [0.15, 0.2) is 18.2 Å². The van der Waals surface area contributed by atoms with Crippen molar-refractivity contribution in [2.75, 3.05) is 6.61 Å². The van der Waals surface area contributed by atoms with Gasteiger partial charge in [0.25, 0.3) is 0 Å². The Balaban J connectivity index is 3.15. The molecular formula is C14H18O4. The molecule has 0 spiro atoms. The molecule has 98 valence electrons. The normalized spacial score (nSPS) is 10.4. The summed E-state index contributed by atoms with van der Waals surface area (Å²) in [5, 5.41) is 8.96. The molecule has 0 saturated carbocycles. The van der Waals surface area contributed by atoms with E-state index < -0.39 is 11.9 Å². The van der Waals surface area contributed by atoms with Crippen LogP contribution in [0.3, 0.4) is 0 Å². The van der Waals surface area contributed by atoms with Crippen LogP contribution in [0.5, 0.6) is 0 Å². The largest absolute Gasteiger partial charge is 0.478 e. The highest BCUT2D eigenvalue weighted by molar-refractivity contribution is 5.94. The molecule has 1 aromatic rings. The van der Waals surface area contributed by atoms with Crippen molar-refractivity contribution in [2.24, 2.45) is 5.92 Å². The lowest BCUT2D eigenvalue weighted by Crippen LogP contribution is -2.11. The van der Waals surface area contributed by atoms with Gasteiger partial charge < -0.3 is 9.84 Å². The van der Waals surface area contributed by atoms with Gasteiger partial charge in [-0.25, -0.2) is 9.59 Å². The number of rotatable bonds is 5. The molecule has 0 amide bonds. The van der Waals surface area contributed by atoms with E-state index in [1.807, 2.05) is 13.8 Å². The number of benzene rings is 1. The van der Waals surface area contributed by atoms with Crippen molar-refractivity contribution in [3.05, 3.63) is 34.9 Å². The van der Waals surface area contributed by atoms with Gasteiger partial charge in [0.05, 0.1) is 17.7 Å².